The van der Waals surface area contributed by atoms with E-state index in [-0.39, 0.29) is 45.5 Å². The van der Waals surface area contributed by atoms with Crippen molar-refractivity contribution < 1.29 is 30.7 Å². The molecule has 0 radical (unpaired) electrons. The van der Waals surface area contributed by atoms with Gasteiger partial charge in [0.25, 0.3) is 11.4 Å². The summed E-state index contributed by atoms with van der Waals surface area (Å²) in [5, 5.41) is 21.4. The molecule has 268 valence electrons. The largest absolute Gasteiger partial charge is 0.416 e. The lowest BCUT2D eigenvalue weighted by atomic mass is 9.94. The minimum atomic E-state index is -5.06. The lowest BCUT2D eigenvalue weighted by Crippen LogP contribution is -2.11. The van der Waals surface area contributed by atoms with Gasteiger partial charge in [0.1, 0.15) is 5.82 Å². The first-order valence-corrected chi connectivity index (χ1v) is 16.7. The third-order valence-corrected chi connectivity index (χ3v) is 10.1. The molecule has 0 heterocycles. The van der Waals surface area contributed by atoms with E-state index in [0.29, 0.717) is 84.1 Å². The summed E-state index contributed by atoms with van der Waals surface area (Å²) >= 11 is 0. The van der Waals surface area contributed by atoms with Crippen molar-refractivity contribution in [1.29, 1.82) is 10.5 Å². The summed E-state index contributed by atoms with van der Waals surface area (Å²) in [7, 11) is 0. The highest BCUT2D eigenvalue weighted by atomic mass is 19.4. The Hall–Kier alpha value is -7.47. The molecule has 4 nitrogen and oxygen atoms in total. The number of fused-ring (bicyclic) bond motifs is 7. The van der Waals surface area contributed by atoms with E-state index in [9.17, 15) is 41.3 Å². The normalized spacial score (nSPS) is 14.4. The molecule has 0 fully saturated rings. The molecule has 56 heavy (non-hydrogen) atoms. The molecule has 0 spiro atoms. The highest BCUT2D eigenvalue weighted by molar-refractivity contribution is 6.12. The van der Waals surface area contributed by atoms with Crippen LogP contribution in [0.1, 0.15) is 38.9 Å². The molecule has 2 aliphatic rings. The summed E-state index contributed by atoms with van der Waals surface area (Å²) in [6.45, 7) is 17.2. The Morgan fingerprint density at radius 2 is 0.893 bits per heavy atom. The van der Waals surface area contributed by atoms with Gasteiger partial charge in [-0.25, -0.2) is 24.6 Å². The molecule has 0 amide bonds. The SMILES string of the molecule is [C-]#[N+]/C(C#N)=C1/c2cc(-c3cc(C(F)(F)F)cc(C(F)(F)F)c3)ccc2-c2cc3cc4c(cc3cc21)-c1ccc(-c2ccc(C)c(F)c2)cc1/C4=C(/C#N)[N+]#[C-]. The monoisotopic (exact) mass is 748 g/mol. The molecule has 0 saturated carbocycles. The van der Waals surface area contributed by atoms with Crippen molar-refractivity contribution in [3.8, 4) is 56.6 Å². The van der Waals surface area contributed by atoms with Gasteiger partial charge in [0, 0.05) is 11.1 Å². The van der Waals surface area contributed by atoms with Crippen molar-refractivity contribution >= 4 is 21.9 Å². The van der Waals surface area contributed by atoms with E-state index in [2.05, 4.69) is 9.69 Å². The van der Waals surface area contributed by atoms with Gasteiger partial charge in [-0.05, 0) is 151 Å². The average molecular weight is 749 g/mol. The minimum absolute atomic E-state index is 0.0127. The van der Waals surface area contributed by atoms with E-state index in [1.54, 1.807) is 31.2 Å². The zero-order valence-corrected chi connectivity index (χ0v) is 28.7. The molecule has 0 unspecified atom stereocenters. The van der Waals surface area contributed by atoms with Crippen molar-refractivity contribution in [3.05, 3.63) is 176 Å². The molecule has 0 atom stereocenters. The smallest absolute Gasteiger partial charge is 0.226 e. The first-order chi connectivity index (χ1) is 26.6. The van der Waals surface area contributed by atoms with Crippen LogP contribution in [0.5, 0.6) is 0 Å². The third-order valence-electron chi connectivity index (χ3n) is 10.1. The number of alkyl halides is 6. The maximum Gasteiger partial charge on any atom is 0.416 e. The summed E-state index contributed by atoms with van der Waals surface area (Å²) in [6, 6.07) is 27.1. The number of aryl methyl sites for hydroxylation is 1. The maximum absolute atomic E-state index is 14.5. The number of halogens is 7. The van der Waals surface area contributed by atoms with Gasteiger partial charge in [-0.2, -0.15) is 26.3 Å². The molecule has 0 aliphatic heterocycles. The number of nitriles is 2. The summed E-state index contributed by atoms with van der Waals surface area (Å²) < 4.78 is 97.0. The molecule has 0 aromatic heterocycles. The first kappa shape index (κ1) is 35.6. The summed E-state index contributed by atoms with van der Waals surface area (Å²) in [4.78, 5) is 6.94. The van der Waals surface area contributed by atoms with Crippen LogP contribution in [0.3, 0.4) is 0 Å². The number of benzene rings is 6. The second kappa shape index (κ2) is 12.6. The molecular formula is C45H19F7N4. The predicted octanol–water partition coefficient (Wildman–Crippen LogP) is 13.0. The van der Waals surface area contributed by atoms with Crippen LogP contribution in [0.2, 0.25) is 0 Å². The fourth-order valence-electron chi connectivity index (χ4n) is 7.51. The molecule has 8 rings (SSSR count). The molecular weight excluding hydrogens is 730 g/mol. The van der Waals surface area contributed by atoms with Crippen LogP contribution >= 0.6 is 0 Å². The van der Waals surface area contributed by atoms with Gasteiger partial charge in [0.05, 0.1) is 36.4 Å². The van der Waals surface area contributed by atoms with Gasteiger partial charge in [0.15, 0.2) is 0 Å². The molecule has 2 aliphatic carbocycles. The quantitative estimate of drug-likeness (QED) is 0.100. The van der Waals surface area contributed by atoms with Gasteiger partial charge in [-0.1, -0.05) is 36.4 Å². The minimum Gasteiger partial charge on any atom is -0.226 e. The van der Waals surface area contributed by atoms with E-state index in [1.165, 1.54) is 24.3 Å². The standard InChI is InChI=1S/C45H19F7N4/c1-22-4-5-25(18-39(22)46)23-6-8-31-33-14-27-17-38-34(15-28(27)16-37(33)42(35(31)12-23)40(20-53)55-2)32-9-7-24(13-36(32)43(38)41(21-54)56-3)26-10-29(44(47,48)49)19-30(11-26)45(50,51)52/h4-19H,1H3/b42-40+,43-41-. The Labute approximate surface area is 314 Å². The number of hydrogen-bond donors (Lipinski definition) is 0. The molecule has 6 aromatic rings. The van der Waals surface area contributed by atoms with Crippen LogP contribution in [0.4, 0.5) is 30.7 Å². The topological polar surface area (TPSA) is 56.3 Å². The Balaban J connectivity index is 1.33. The van der Waals surface area contributed by atoms with Gasteiger partial charge < -0.3 is 0 Å². The molecule has 0 bridgehead atoms. The zero-order chi connectivity index (χ0) is 39.8. The van der Waals surface area contributed by atoms with Crippen LogP contribution in [0.25, 0.3) is 76.1 Å². The van der Waals surface area contributed by atoms with E-state index in [4.69, 9.17) is 13.1 Å². The molecule has 11 heteroatoms. The zero-order valence-electron chi connectivity index (χ0n) is 28.7. The Bertz CT molecular complexity index is 2950. The molecule has 0 N–H and O–H groups in total. The summed E-state index contributed by atoms with van der Waals surface area (Å²) in [5.41, 5.74) is 2.97. The van der Waals surface area contributed by atoms with Crippen LogP contribution in [0.15, 0.2) is 108 Å². The third kappa shape index (κ3) is 5.58. The van der Waals surface area contributed by atoms with E-state index >= 15 is 0 Å². The number of allylic oxidation sites excluding steroid dienone is 2. The lowest BCUT2D eigenvalue weighted by molar-refractivity contribution is -0.143. The Morgan fingerprint density at radius 3 is 1.30 bits per heavy atom. The van der Waals surface area contributed by atoms with Crippen LogP contribution in [0, 0.1) is 48.5 Å². The number of hydrogen-bond acceptors (Lipinski definition) is 2. The number of nitrogens with zero attached hydrogens (tertiary/aromatic N) is 4. The van der Waals surface area contributed by atoms with Gasteiger partial charge in [-0.3, -0.25) is 0 Å². The van der Waals surface area contributed by atoms with Crippen LogP contribution in [-0.2, 0) is 12.4 Å². The van der Waals surface area contributed by atoms with E-state index in [0.717, 1.165) is 0 Å². The lowest BCUT2D eigenvalue weighted by Gasteiger charge is -2.15. The van der Waals surface area contributed by atoms with Gasteiger partial charge in [-0.15, -0.1) is 0 Å². The van der Waals surface area contributed by atoms with Crippen molar-refractivity contribution in [2.75, 3.05) is 0 Å². The number of rotatable bonds is 2. The van der Waals surface area contributed by atoms with Crippen LogP contribution in [-0.4, -0.2) is 0 Å². The average Bonchev–Trinajstić information content (AvgIpc) is 3.65. The van der Waals surface area contributed by atoms with E-state index in [1.807, 2.05) is 42.5 Å². The van der Waals surface area contributed by atoms with Crippen molar-refractivity contribution in [2.45, 2.75) is 19.3 Å². The van der Waals surface area contributed by atoms with Crippen molar-refractivity contribution in [1.82, 2.24) is 0 Å². The highest BCUT2D eigenvalue weighted by Crippen LogP contribution is 2.52. The predicted molar refractivity (Wildman–Crippen MR) is 197 cm³/mol. The second-order valence-corrected chi connectivity index (χ2v) is 13.3. The summed E-state index contributed by atoms with van der Waals surface area (Å²) in [6.07, 6.45) is -10.1. The fourth-order valence-corrected chi connectivity index (χ4v) is 7.51. The molecule has 6 aromatic carbocycles. The van der Waals surface area contributed by atoms with Crippen molar-refractivity contribution in [2.24, 2.45) is 0 Å². The summed E-state index contributed by atoms with van der Waals surface area (Å²) in [5.74, 6) is -0.379. The van der Waals surface area contributed by atoms with Crippen LogP contribution < -0.4 is 0 Å². The van der Waals surface area contributed by atoms with Crippen molar-refractivity contribution in [3.63, 3.8) is 0 Å². The highest BCUT2D eigenvalue weighted by Gasteiger charge is 2.37. The second-order valence-electron chi connectivity index (χ2n) is 13.3. The van der Waals surface area contributed by atoms with E-state index < -0.39 is 23.5 Å². The fraction of sp³-hybridized carbons (Fsp3) is 0.0667. The Kier molecular flexibility index (Phi) is 7.97. The molecule has 0 saturated heterocycles. The van der Waals surface area contributed by atoms with Gasteiger partial charge in [0.2, 0.25) is 0 Å². The Morgan fingerprint density at radius 1 is 0.500 bits per heavy atom. The maximum atomic E-state index is 14.5. The first-order valence-electron chi connectivity index (χ1n) is 16.7. The van der Waals surface area contributed by atoms with Gasteiger partial charge >= 0.3 is 12.4 Å².